The van der Waals surface area contributed by atoms with Crippen molar-refractivity contribution >= 4 is 16.2 Å². The Kier molecular flexibility index (Phi) is 5.18. The number of carboxylic acid groups (broad SMARTS) is 1. The highest BCUT2D eigenvalue weighted by molar-refractivity contribution is 7.87. The van der Waals surface area contributed by atoms with Gasteiger partial charge in [0, 0.05) is 6.54 Å². The number of carboxylic acids is 1. The highest BCUT2D eigenvalue weighted by Crippen LogP contribution is 2.20. The van der Waals surface area contributed by atoms with Gasteiger partial charge < -0.3 is 10.2 Å². The predicted octanol–water partition coefficient (Wildman–Crippen LogP) is -0.613. The van der Waals surface area contributed by atoms with E-state index in [9.17, 15) is 22.0 Å². The molecule has 10 heteroatoms. The molecule has 1 saturated heterocycles. The summed E-state index contributed by atoms with van der Waals surface area (Å²) in [5, 5.41) is 17.3. The fraction of sp³-hybridized carbons (Fsp3) is 0.889. The normalized spacial score (nSPS) is 22.4. The molecule has 1 heterocycles. The van der Waals surface area contributed by atoms with Crippen LogP contribution in [0.25, 0.3) is 0 Å². The van der Waals surface area contributed by atoms with Crippen LogP contribution in [-0.2, 0) is 15.0 Å². The summed E-state index contributed by atoms with van der Waals surface area (Å²) in [6, 6.07) is -1.24. The number of nitrogens with one attached hydrogen (secondary N) is 1. The van der Waals surface area contributed by atoms with E-state index in [4.69, 9.17) is 10.2 Å². The maximum absolute atomic E-state index is 12.8. The van der Waals surface area contributed by atoms with Crippen LogP contribution in [-0.4, -0.2) is 60.6 Å². The molecule has 0 aromatic heterocycles. The highest BCUT2D eigenvalue weighted by Gasteiger charge is 2.38. The summed E-state index contributed by atoms with van der Waals surface area (Å²) < 4.78 is 51.5. The molecule has 1 fully saturated rings. The fourth-order valence-corrected chi connectivity index (χ4v) is 3.23. The van der Waals surface area contributed by atoms with Gasteiger partial charge >= 0.3 is 5.97 Å². The van der Waals surface area contributed by atoms with E-state index in [2.05, 4.69) is 0 Å². The Balaban J connectivity index is 2.77. The molecule has 7 nitrogen and oxygen atoms in total. The summed E-state index contributed by atoms with van der Waals surface area (Å²) in [5.41, 5.74) is 0. The van der Waals surface area contributed by atoms with Gasteiger partial charge in [0.15, 0.2) is 0 Å². The van der Waals surface area contributed by atoms with Gasteiger partial charge in [-0.05, 0) is 19.3 Å². The molecule has 0 saturated carbocycles. The van der Waals surface area contributed by atoms with Crippen molar-refractivity contribution in [3.8, 4) is 0 Å². The number of nitrogens with zero attached hydrogens (tertiary/aromatic N) is 1. The number of hydrogen-bond donors (Lipinski definition) is 3. The van der Waals surface area contributed by atoms with Gasteiger partial charge in [0.05, 0.1) is 6.54 Å². The molecular formula is C9H16F2N2O5S. The van der Waals surface area contributed by atoms with Gasteiger partial charge in [-0.25, -0.2) is 8.78 Å². The second-order valence-corrected chi connectivity index (χ2v) is 6.01. The van der Waals surface area contributed by atoms with Crippen LogP contribution in [0.3, 0.4) is 0 Å². The maximum atomic E-state index is 12.8. The van der Waals surface area contributed by atoms with E-state index in [1.807, 2.05) is 0 Å². The first-order valence-electron chi connectivity index (χ1n) is 5.67. The molecular weight excluding hydrogens is 286 g/mol. The van der Waals surface area contributed by atoms with Crippen LogP contribution in [0.15, 0.2) is 0 Å². The molecule has 1 unspecified atom stereocenters. The lowest BCUT2D eigenvalue weighted by Crippen LogP contribution is -2.54. The van der Waals surface area contributed by atoms with Crippen molar-refractivity contribution in [1.82, 2.24) is 9.03 Å². The number of aliphatic carboxylic acids is 1. The standard InChI is InChI=1S/C9H16F2N2O5S/c10-9(11,6-14)5-12-19(17,18)13-4-2-1-3-7(13)8(15)16/h7,12,14H,1-6H2,(H,15,16). The molecule has 0 spiro atoms. The van der Waals surface area contributed by atoms with Crippen LogP contribution in [0, 0.1) is 0 Å². The molecule has 0 amide bonds. The molecule has 1 atom stereocenters. The van der Waals surface area contributed by atoms with E-state index >= 15 is 0 Å². The first-order valence-corrected chi connectivity index (χ1v) is 7.11. The van der Waals surface area contributed by atoms with E-state index in [-0.39, 0.29) is 13.0 Å². The van der Waals surface area contributed by atoms with Gasteiger partial charge in [0.1, 0.15) is 12.6 Å². The average molecular weight is 302 g/mol. The van der Waals surface area contributed by atoms with Crippen molar-refractivity contribution in [3.05, 3.63) is 0 Å². The molecule has 19 heavy (non-hydrogen) atoms. The fourth-order valence-electron chi connectivity index (χ4n) is 1.78. The molecule has 0 aromatic carbocycles. The summed E-state index contributed by atoms with van der Waals surface area (Å²) in [4.78, 5) is 10.9. The Morgan fingerprint density at radius 3 is 2.58 bits per heavy atom. The Morgan fingerprint density at radius 2 is 2.05 bits per heavy atom. The molecule has 0 radical (unpaired) electrons. The van der Waals surface area contributed by atoms with Gasteiger partial charge in [-0.1, -0.05) is 0 Å². The monoisotopic (exact) mass is 302 g/mol. The number of rotatable bonds is 6. The van der Waals surface area contributed by atoms with E-state index in [1.165, 1.54) is 0 Å². The first kappa shape index (κ1) is 16.2. The number of aliphatic hydroxyl groups is 1. The van der Waals surface area contributed by atoms with Crippen molar-refractivity contribution in [2.45, 2.75) is 31.2 Å². The van der Waals surface area contributed by atoms with E-state index in [1.54, 1.807) is 4.72 Å². The van der Waals surface area contributed by atoms with Crippen LogP contribution < -0.4 is 4.72 Å². The second kappa shape index (κ2) is 6.07. The Hall–Kier alpha value is -0.840. The zero-order valence-electron chi connectivity index (χ0n) is 10.1. The van der Waals surface area contributed by atoms with Crippen molar-refractivity contribution in [2.24, 2.45) is 0 Å². The molecule has 0 aromatic rings. The number of carbonyl (C=O) groups is 1. The Morgan fingerprint density at radius 1 is 1.42 bits per heavy atom. The topological polar surface area (TPSA) is 107 Å². The van der Waals surface area contributed by atoms with Crippen molar-refractivity contribution < 1.29 is 32.2 Å². The van der Waals surface area contributed by atoms with Crippen molar-refractivity contribution in [3.63, 3.8) is 0 Å². The van der Waals surface area contributed by atoms with Gasteiger partial charge in [-0.2, -0.15) is 17.4 Å². The molecule has 1 aliphatic rings. The molecule has 0 bridgehead atoms. The van der Waals surface area contributed by atoms with Gasteiger partial charge in [-0.15, -0.1) is 0 Å². The average Bonchev–Trinajstić information content (AvgIpc) is 2.37. The minimum atomic E-state index is -4.31. The third kappa shape index (κ3) is 4.34. The second-order valence-electron chi connectivity index (χ2n) is 4.30. The third-order valence-corrected chi connectivity index (χ3v) is 4.36. The SMILES string of the molecule is O=C(O)C1CCCCN1S(=O)(=O)NCC(F)(F)CO. The molecule has 3 N–H and O–H groups in total. The van der Waals surface area contributed by atoms with Gasteiger partial charge in [0.2, 0.25) is 0 Å². The van der Waals surface area contributed by atoms with Crippen LogP contribution >= 0.6 is 0 Å². The molecule has 1 aliphatic heterocycles. The van der Waals surface area contributed by atoms with Crippen LogP contribution in [0.1, 0.15) is 19.3 Å². The maximum Gasteiger partial charge on any atom is 0.322 e. The van der Waals surface area contributed by atoms with Crippen LogP contribution in [0.2, 0.25) is 0 Å². The lowest BCUT2D eigenvalue weighted by Gasteiger charge is -2.32. The third-order valence-electron chi connectivity index (χ3n) is 2.79. The Bertz CT molecular complexity index is 428. The van der Waals surface area contributed by atoms with Crippen LogP contribution in [0.4, 0.5) is 8.78 Å². The number of hydrogen-bond acceptors (Lipinski definition) is 4. The summed E-state index contributed by atoms with van der Waals surface area (Å²) in [6.07, 6.45) is 1.18. The molecule has 1 rings (SSSR count). The number of piperidine rings is 1. The van der Waals surface area contributed by atoms with E-state index < -0.39 is 41.3 Å². The summed E-state index contributed by atoms with van der Waals surface area (Å²) in [7, 11) is -4.31. The number of halogens is 2. The zero-order chi connectivity index (χ0) is 14.7. The smallest absolute Gasteiger partial charge is 0.322 e. The Labute approximate surface area is 109 Å². The lowest BCUT2D eigenvalue weighted by molar-refractivity contribution is -0.142. The lowest BCUT2D eigenvalue weighted by atomic mass is 10.1. The summed E-state index contributed by atoms with van der Waals surface area (Å²) in [6.45, 7) is -2.79. The van der Waals surface area contributed by atoms with Crippen molar-refractivity contribution in [2.75, 3.05) is 19.7 Å². The number of aliphatic hydroxyl groups excluding tert-OH is 1. The first-order chi connectivity index (χ1) is 8.69. The quantitative estimate of drug-likeness (QED) is 0.606. The number of alkyl halides is 2. The predicted molar refractivity (Wildman–Crippen MR) is 60.9 cm³/mol. The minimum Gasteiger partial charge on any atom is -0.480 e. The van der Waals surface area contributed by atoms with Gasteiger partial charge in [-0.3, -0.25) is 4.79 Å². The van der Waals surface area contributed by atoms with E-state index in [0.29, 0.717) is 17.1 Å². The molecule has 112 valence electrons. The largest absolute Gasteiger partial charge is 0.480 e. The summed E-state index contributed by atoms with van der Waals surface area (Å²) in [5.74, 6) is -4.89. The zero-order valence-corrected chi connectivity index (χ0v) is 10.9. The van der Waals surface area contributed by atoms with Crippen LogP contribution in [0.5, 0.6) is 0 Å². The minimum absolute atomic E-state index is 0.0308. The summed E-state index contributed by atoms with van der Waals surface area (Å²) >= 11 is 0. The van der Waals surface area contributed by atoms with Crippen molar-refractivity contribution in [1.29, 1.82) is 0 Å². The van der Waals surface area contributed by atoms with Gasteiger partial charge in [0.25, 0.3) is 16.1 Å². The van der Waals surface area contributed by atoms with E-state index in [0.717, 1.165) is 0 Å². The highest BCUT2D eigenvalue weighted by atomic mass is 32.2. The molecule has 0 aliphatic carbocycles.